The van der Waals surface area contributed by atoms with Gasteiger partial charge in [0.2, 0.25) is 0 Å². The molecule has 1 saturated heterocycles. The monoisotopic (exact) mass is 321 g/mol. The Morgan fingerprint density at radius 3 is 2.79 bits per heavy atom. The standard InChI is InChI=1S/C20H23N3O/c24-20(17-8-7-15-4-1-2-5-16(15)12-17)23-11-3-6-18(13-23)19-9-10-21-14-22-19/h7-10,12,14,18H,1-6,11,13H2. The molecule has 0 spiro atoms. The van der Waals surface area contributed by atoms with Gasteiger partial charge in [-0.1, -0.05) is 6.07 Å². The van der Waals surface area contributed by atoms with Gasteiger partial charge in [-0.3, -0.25) is 4.79 Å². The van der Waals surface area contributed by atoms with E-state index >= 15 is 0 Å². The molecular formula is C20H23N3O. The Bertz CT molecular complexity index is 729. The molecule has 4 nitrogen and oxygen atoms in total. The van der Waals surface area contributed by atoms with Crippen LogP contribution in [0.25, 0.3) is 0 Å². The predicted molar refractivity (Wildman–Crippen MR) is 93.0 cm³/mol. The molecule has 1 aliphatic heterocycles. The van der Waals surface area contributed by atoms with E-state index in [1.54, 1.807) is 12.5 Å². The van der Waals surface area contributed by atoms with Gasteiger partial charge in [-0.15, -0.1) is 0 Å². The Labute approximate surface area is 142 Å². The highest BCUT2D eigenvalue weighted by Crippen LogP contribution is 2.27. The Balaban J connectivity index is 1.51. The summed E-state index contributed by atoms with van der Waals surface area (Å²) in [4.78, 5) is 23.3. The average molecular weight is 321 g/mol. The molecule has 2 aliphatic rings. The quantitative estimate of drug-likeness (QED) is 0.852. The minimum atomic E-state index is 0.169. The zero-order valence-electron chi connectivity index (χ0n) is 13.9. The Morgan fingerprint density at radius 2 is 1.96 bits per heavy atom. The normalized spacial score (nSPS) is 20.5. The number of carbonyl (C=O) groups excluding carboxylic acids is 1. The molecule has 2 aromatic rings. The van der Waals surface area contributed by atoms with Gasteiger partial charge in [0.25, 0.3) is 5.91 Å². The molecule has 1 unspecified atom stereocenters. The van der Waals surface area contributed by atoms with E-state index < -0.39 is 0 Å². The number of likely N-dealkylation sites (tertiary alicyclic amines) is 1. The molecule has 1 aromatic carbocycles. The number of carbonyl (C=O) groups is 1. The van der Waals surface area contributed by atoms with E-state index in [9.17, 15) is 4.79 Å². The van der Waals surface area contributed by atoms with E-state index in [4.69, 9.17) is 0 Å². The maximum Gasteiger partial charge on any atom is 0.253 e. The fourth-order valence-corrected chi connectivity index (χ4v) is 3.99. The van der Waals surface area contributed by atoms with Crippen LogP contribution in [0.15, 0.2) is 36.8 Å². The first kappa shape index (κ1) is 15.3. The van der Waals surface area contributed by atoms with Gasteiger partial charge >= 0.3 is 0 Å². The highest BCUT2D eigenvalue weighted by Gasteiger charge is 2.26. The number of amides is 1. The molecule has 0 saturated carbocycles. The lowest BCUT2D eigenvalue weighted by Gasteiger charge is -2.32. The third-order valence-corrected chi connectivity index (χ3v) is 5.33. The highest BCUT2D eigenvalue weighted by molar-refractivity contribution is 5.94. The van der Waals surface area contributed by atoms with Crippen LogP contribution in [0.2, 0.25) is 0 Å². The van der Waals surface area contributed by atoms with Crippen molar-refractivity contribution in [1.82, 2.24) is 14.9 Å². The third kappa shape index (κ3) is 3.05. The van der Waals surface area contributed by atoms with Gasteiger partial charge in [0.1, 0.15) is 6.33 Å². The van der Waals surface area contributed by atoms with Crippen molar-refractivity contribution >= 4 is 5.91 Å². The fourth-order valence-electron chi connectivity index (χ4n) is 3.99. The first-order valence-electron chi connectivity index (χ1n) is 8.98. The van der Waals surface area contributed by atoms with Crippen molar-refractivity contribution in [3.05, 3.63) is 59.2 Å². The average Bonchev–Trinajstić information content (AvgIpc) is 2.68. The predicted octanol–water partition coefficient (Wildman–Crippen LogP) is 3.38. The van der Waals surface area contributed by atoms with Crippen molar-refractivity contribution in [2.24, 2.45) is 0 Å². The molecule has 0 N–H and O–H groups in total. The van der Waals surface area contributed by atoms with Gasteiger partial charge in [0.15, 0.2) is 0 Å². The van der Waals surface area contributed by atoms with Crippen molar-refractivity contribution in [2.75, 3.05) is 13.1 Å². The number of hydrogen-bond donors (Lipinski definition) is 0. The van der Waals surface area contributed by atoms with Gasteiger partial charge in [0.05, 0.1) is 0 Å². The van der Waals surface area contributed by atoms with Gasteiger partial charge in [-0.2, -0.15) is 0 Å². The maximum absolute atomic E-state index is 13.0. The second-order valence-electron chi connectivity index (χ2n) is 6.92. The number of aromatic nitrogens is 2. The van der Waals surface area contributed by atoms with Gasteiger partial charge < -0.3 is 4.90 Å². The summed E-state index contributed by atoms with van der Waals surface area (Å²) in [6.07, 6.45) is 10.3. The first-order valence-corrected chi connectivity index (χ1v) is 8.98. The number of nitrogens with zero attached hydrogens (tertiary/aromatic N) is 3. The van der Waals surface area contributed by atoms with Crippen molar-refractivity contribution in [3.8, 4) is 0 Å². The molecule has 2 heterocycles. The molecule has 4 rings (SSSR count). The van der Waals surface area contributed by atoms with Crippen molar-refractivity contribution in [2.45, 2.75) is 44.4 Å². The number of piperidine rings is 1. The van der Waals surface area contributed by atoms with Gasteiger partial charge in [0, 0.05) is 36.5 Å². The Morgan fingerprint density at radius 1 is 1.08 bits per heavy atom. The molecule has 124 valence electrons. The van der Waals surface area contributed by atoms with Crippen LogP contribution >= 0.6 is 0 Å². The lowest BCUT2D eigenvalue weighted by molar-refractivity contribution is 0.0705. The van der Waals surface area contributed by atoms with Crippen LogP contribution in [0.5, 0.6) is 0 Å². The molecule has 24 heavy (non-hydrogen) atoms. The minimum absolute atomic E-state index is 0.169. The van der Waals surface area contributed by atoms with Crippen LogP contribution in [0, 0.1) is 0 Å². The number of benzene rings is 1. The molecule has 0 radical (unpaired) electrons. The van der Waals surface area contributed by atoms with Crippen LogP contribution in [0.4, 0.5) is 0 Å². The van der Waals surface area contributed by atoms with Crippen LogP contribution in [0.3, 0.4) is 0 Å². The summed E-state index contributed by atoms with van der Waals surface area (Å²) in [6.45, 7) is 1.60. The highest BCUT2D eigenvalue weighted by atomic mass is 16.2. The van der Waals surface area contributed by atoms with E-state index in [1.165, 1.54) is 24.0 Å². The topological polar surface area (TPSA) is 46.1 Å². The molecule has 1 atom stereocenters. The van der Waals surface area contributed by atoms with Crippen LogP contribution < -0.4 is 0 Å². The minimum Gasteiger partial charge on any atom is -0.338 e. The summed E-state index contributed by atoms with van der Waals surface area (Å²) in [7, 11) is 0. The maximum atomic E-state index is 13.0. The second-order valence-corrected chi connectivity index (χ2v) is 6.92. The zero-order valence-corrected chi connectivity index (χ0v) is 13.9. The zero-order chi connectivity index (χ0) is 16.4. The summed E-state index contributed by atoms with van der Waals surface area (Å²) in [6, 6.07) is 8.27. The largest absolute Gasteiger partial charge is 0.338 e. The number of rotatable bonds is 2. The molecule has 1 aliphatic carbocycles. The summed E-state index contributed by atoms with van der Waals surface area (Å²) < 4.78 is 0. The van der Waals surface area contributed by atoms with Crippen molar-refractivity contribution < 1.29 is 4.79 Å². The van der Waals surface area contributed by atoms with Gasteiger partial charge in [-0.05, 0) is 67.9 Å². The van der Waals surface area contributed by atoms with Crippen LogP contribution in [0.1, 0.15) is 58.8 Å². The smallest absolute Gasteiger partial charge is 0.253 e. The van der Waals surface area contributed by atoms with Crippen molar-refractivity contribution in [1.29, 1.82) is 0 Å². The molecule has 1 amide bonds. The second kappa shape index (κ2) is 6.71. The van der Waals surface area contributed by atoms with E-state index in [0.717, 1.165) is 50.0 Å². The number of aryl methyl sites for hydroxylation is 2. The number of fused-ring (bicyclic) bond motifs is 1. The van der Waals surface area contributed by atoms with E-state index in [1.807, 2.05) is 17.0 Å². The molecular weight excluding hydrogens is 298 g/mol. The summed E-state index contributed by atoms with van der Waals surface area (Å²) in [5.74, 6) is 0.491. The fraction of sp³-hybridized carbons (Fsp3) is 0.450. The van der Waals surface area contributed by atoms with Crippen LogP contribution in [-0.2, 0) is 12.8 Å². The van der Waals surface area contributed by atoms with Crippen molar-refractivity contribution in [3.63, 3.8) is 0 Å². The van der Waals surface area contributed by atoms with Gasteiger partial charge in [-0.25, -0.2) is 9.97 Å². The summed E-state index contributed by atoms with van der Waals surface area (Å²) in [5, 5.41) is 0. The Kier molecular flexibility index (Phi) is 4.28. The van der Waals surface area contributed by atoms with E-state index in [0.29, 0.717) is 5.92 Å². The summed E-state index contributed by atoms with van der Waals surface area (Å²) in [5.41, 5.74) is 4.69. The SMILES string of the molecule is O=C(c1ccc2c(c1)CCCC2)N1CCCC(c2ccncn2)C1. The molecule has 1 aromatic heterocycles. The third-order valence-electron chi connectivity index (χ3n) is 5.33. The van der Waals surface area contributed by atoms with E-state index in [2.05, 4.69) is 22.1 Å². The molecule has 4 heteroatoms. The van der Waals surface area contributed by atoms with Crippen LogP contribution in [-0.4, -0.2) is 33.9 Å². The van der Waals surface area contributed by atoms with E-state index in [-0.39, 0.29) is 5.91 Å². The first-order chi connectivity index (χ1) is 11.8. The lowest BCUT2D eigenvalue weighted by Crippen LogP contribution is -2.39. The lowest BCUT2D eigenvalue weighted by atomic mass is 9.89. The molecule has 1 fully saturated rings. The molecule has 0 bridgehead atoms. The Hall–Kier alpha value is -2.23. The number of hydrogen-bond acceptors (Lipinski definition) is 3. The summed E-state index contributed by atoms with van der Waals surface area (Å²) >= 11 is 0.